The average Bonchev–Trinajstić information content (AvgIpc) is 2.41. The number of aryl methyl sites for hydroxylation is 2. The van der Waals surface area contributed by atoms with E-state index < -0.39 is 0 Å². The summed E-state index contributed by atoms with van der Waals surface area (Å²) in [6.45, 7) is 17.8. The number of benzene rings is 2. The Morgan fingerprint density at radius 2 is 0.960 bits per heavy atom. The molecule has 0 saturated carbocycles. The predicted octanol–water partition coefficient (Wildman–Crippen LogP) is 7.63. The summed E-state index contributed by atoms with van der Waals surface area (Å²) in [5.74, 6) is 0. The molecule has 0 aromatic heterocycles. The van der Waals surface area contributed by atoms with E-state index in [1.807, 2.05) is 11.8 Å². The van der Waals surface area contributed by atoms with E-state index in [2.05, 4.69) is 79.7 Å². The van der Waals surface area contributed by atoms with Crippen LogP contribution in [0.1, 0.15) is 63.8 Å². The second-order valence-electron chi connectivity index (χ2n) is 8.87. The largest absolute Gasteiger partial charge is 0.143 e. The van der Waals surface area contributed by atoms with Crippen molar-refractivity contribution < 1.29 is 0 Å². The van der Waals surface area contributed by atoms with E-state index in [0.29, 0.717) is 0 Å². The first-order valence-corrected chi connectivity index (χ1v) is 10.4. The number of hydrogen-bond donors (Lipinski definition) is 2. The molecule has 2 aromatic rings. The van der Waals surface area contributed by atoms with Crippen LogP contribution in [0.2, 0.25) is 0 Å². The lowest BCUT2D eigenvalue weighted by molar-refractivity contribution is 0.576. The minimum Gasteiger partial charge on any atom is -0.143 e. The van der Waals surface area contributed by atoms with E-state index >= 15 is 0 Å². The van der Waals surface area contributed by atoms with Gasteiger partial charge < -0.3 is 0 Å². The molecule has 2 aromatic carbocycles. The Hall–Kier alpha value is -0.510. The quantitative estimate of drug-likeness (QED) is 0.497. The molecule has 0 aliphatic heterocycles. The number of rotatable bonds is 2. The molecule has 0 nitrogen and oxygen atoms in total. The van der Waals surface area contributed by atoms with E-state index in [0.717, 1.165) is 9.79 Å². The van der Waals surface area contributed by atoms with Crippen molar-refractivity contribution in [1.29, 1.82) is 0 Å². The zero-order chi connectivity index (χ0) is 19.2. The molecule has 25 heavy (non-hydrogen) atoms. The Morgan fingerprint density at radius 3 is 1.24 bits per heavy atom. The van der Waals surface area contributed by atoms with E-state index in [1.54, 1.807) is 0 Å². The van der Waals surface area contributed by atoms with Gasteiger partial charge >= 0.3 is 0 Å². The molecule has 2 rings (SSSR count). The van der Waals surface area contributed by atoms with Gasteiger partial charge in [0, 0.05) is 19.6 Å². The Bertz CT molecular complexity index is 723. The molecule has 0 heterocycles. The second-order valence-corrected chi connectivity index (χ2v) is 10.9. The van der Waals surface area contributed by atoms with Gasteiger partial charge in [0.15, 0.2) is 0 Å². The third kappa shape index (κ3) is 4.81. The Labute approximate surface area is 169 Å². The molecule has 0 fully saturated rings. The molecular formula is C22H30S3. The van der Waals surface area contributed by atoms with Crippen LogP contribution in [-0.4, -0.2) is 0 Å². The highest BCUT2D eigenvalue weighted by molar-refractivity contribution is 7.99. The van der Waals surface area contributed by atoms with Gasteiger partial charge in [-0.15, -0.1) is 25.3 Å². The fourth-order valence-electron chi connectivity index (χ4n) is 2.89. The third-order valence-electron chi connectivity index (χ3n) is 4.42. The van der Waals surface area contributed by atoms with Gasteiger partial charge in [0.1, 0.15) is 0 Å². The summed E-state index contributed by atoms with van der Waals surface area (Å²) in [6.07, 6.45) is 0. The minimum absolute atomic E-state index is 0.0840. The summed E-state index contributed by atoms with van der Waals surface area (Å²) < 4.78 is 0. The number of hydrogen-bond acceptors (Lipinski definition) is 3. The highest BCUT2D eigenvalue weighted by Crippen LogP contribution is 2.41. The highest BCUT2D eigenvalue weighted by Gasteiger charge is 2.21. The van der Waals surface area contributed by atoms with Gasteiger partial charge in [-0.05, 0) is 71.2 Å². The van der Waals surface area contributed by atoms with E-state index in [1.165, 1.54) is 32.0 Å². The first kappa shape index (κ1) is 20.8. The smallest absolute Gasteiger partial charge is 0.0155 e. The lowest BCUT2D eigenvalue weighted by Gasteiger charge is -2.25. The minimum atomic E-state index is 0.0840. The maximum atomic E-state index is 4.70. The maximum absolute atomic E-state index is 4.70. The third-order valence-corrected chi connectivity index (χ3v) is 6.48. The zero-order valence-electron chi connectivity index (χ0n) is 16.6. The Balaban J connectivity index is 2.54. The van der Waals surface area contributed by atoms with Gasteiger partial charge in [-0.3, -0.25) is 0 Å². The Morgan fingerprint density at radius 1 is 0.640 bits per heavy atom. The van der Waals surface area contributed by atoms with Crippen LogP contribution < -0.4 is 0 Å². The second kappa shape index (κ2) is 7.25. The van der Waals surface area contributed by atoms with Crippen LogP contribution in [0.3, 0.4) is 0 Å². The lowest BCUT2D eigenvalue weighted by Crippen LogP contribution is -2.13. The summed E-state index contributed by atoms with van der Waals surface area (Å²) in [5.41, 5.74) is 5.30. The molecule has 0 aliphatic carbocycles. The van der Waals surface area contributed by atoms with Gasteiger partial charge in [-0.1, -0.05) is 53.3 Å². The van der Waals surface area contributed by atoms with Crippen molar-refractivity contribution in [1.82, 2.24) is 0 Å². The summed E-state index contributed by atoms with van der Waals surface area (Å²) in [7, 11) is 0. The van der Waals surface area contributed by atoms with Crippen molar-refractivity contribution in [2.24, 2.45) is 0 Å². The van der Waals surface area contributed by atoms with Gasteiger partial charge in [-0.25, -0.2) is 0 Å². The van der Waals surface area contributed by atoms with Crippen LogP contribution in [0.25, 0.3) is 0 Å². The molecule has 0 atom stereocenters. The van der Waals surface area contributed by atoms with Crippen LogP contribution in [0.4, 0.5) is 0 Å². The molecule has 0 spiro atoms. The molecule has 0 aliphatic rings. The van der Waals surface area contributed by atoms with E-state index in [-0.39, 0.29) is 10.8 Å². The average molecular weight is 391 g/mol. The van der Waals surface area contributed by atoms with Crippen molar-refractivity contribution >= 4 is 37.0 Å². The molecule has 0 unspecified atom stereocenters. The van der Waals surface area contributed by atoms with Gasteiger partial charge in [0.2, 0.25) is 0 Å². The molecule has 3 heteroatoms. The van der Waals surface area contributed by atoms with Crippen molar-refractivity contribution in [3.05, 3.63) is 46.5 Å². The Kier molecular flexibility index (Phi) is 6.03. The maximum Gasteiger partial charge on any atom is 0.0155 e. The summed E-state index contributed by atoms with van der Waals surface area (Å²) in [4.78, 5) is 4.76. The summed E-state index contributed by atoms with van der Waals surface area (Å²) in [5, 5.41) is 0. The van der Waals surface area contributed by atoms with Crippen molar-refractivity contribution in [3.8, 4) is 0 Å². The SMILES string of the molecule is Cc1cc(S)c(C(C)(C)C)cc1Sc1cc(C(C)(C)C)c(S)cc1C. The normalized spacial score (nSPS) is 12.6. The first-order valence-electron chi connectivity index (χ1n) is 8.66. The van der Waals surface area contributed by atoms with Crippen LogP contribution in [0.15, 0.2) is 43.8 Å². The molecule has 136 valence electrons. The highest BCUT2D eigenvalue weighted by atomic mass is 32.2. The van der Waals surface area contributed by atoms with Crippen molar-refractivity contribution in [2.75, 3.05) is 0 Å². The summed E-state index contributed by atoms with van der Waals surface area (Å²) >= 11 is 11.3. The lowest BCUT2D eigenvalue weighted by atomic mass is 9.86. The topological polar surface area (TPSA) is 0 Å². The van der Waals surface area contributed by atoms with E-state index in [9.17, 15) is 0 Å². The first-order chi connectivity index (χ1) is 11.3. The summed E-state index contributed by atoms with van der Waals surface area (Å²) in [6, 6.07) is 9.01. The van der Waals surface area contributed by atoms with Crippen molar-refractivity contribution in [2.45, 2.75) is 85.8 Å². The molecule has 0 saturated heterocycles. The van der Waals surface area contributed by atoms with Crippen LogP contribution in [-0.2, 0) is 10.8 Å². The van der Waals surface area contributed by atoms with Gasteiger partial charge in [0.25, 0.3) is 0 Å². The zero-order valence-corrected chi connectivity index (χ0v) is 19.2. The molecule has 0 bridgehead atoms. The monoisotopic (exact) mass is 390 g/mol. The van der Waals surface area contributed by atoms with Crippen LogP contribution in [0, 0.1) is 13.8 Å². The molecule has 0 N–H and O–H groups in total. The van der Waals surface area contributed by atoms with Gasteiger partial charge in [0.05, 0.1) is 0 Å². The van der Waals surface area contributed by atoms with Crippen LogP contribution >= 0.6 is 37.0 Å². The number of thiol groups is 2. The van der Waals surface area contributed by atoms with Gasteiger partial charge in [-0.2, -0.15) is 0 Å². The van der Waals surface area contributed by atoms with Crippen LogP contribution in [0.5, 0.6) is 0 Å². The standard InChI is InChI=1S/C22H30S3/c1-13-9-17(23)15(21(3,4)5)11-19(13)25-20-12-16(22(6,7)8)18(24)10-14(20)2/h9-12,23-24H,1-8H3. The fourth-order valence-corrected chi connectivity index (χ4v) is 5.10. The molecule has 0 radical (unpaired) electrons. The fraction of sp³-hybridized carbons (Fsp3) is 0.455. The van der Waals surface area contributed by atoms with Crippen molar-refractivity contribution in [3.63, 3.8) is 0 Å². The predicted molar refractivity (Wildman–Crippen MR) is 118 cm³/mol. The molecular weight excluding hydrogens is 360 g/mol. The van der Waals surface area contributed by atoms with E-state index in [4.69, 9.17) is 25.3 Å². The molecule has 0 amide bonds.